The van der Waals surface area contributed by atoms with Crippen molar-refractivity contribution < 1.29 is 9.13 Å². The minimum absolute atomic E-state index is 0.200. The number of aromatic amines is 1. The van der Waals surface area contributed by atoms with Crippen molar-refractivity contribution >= 4 is 33.4 Å². The van der Waals surface area contributed by atoms with Crippen molar-refractivity contribution in [2.45, 2.75) is 19.8 Å². The van der Waals surface area contributed by atoms with Gasteiger partial charge in [-0.25, -0.2) is 14.4 Å². The number of nitrogens with zero attached hydrogens (tertiary/aromatic N) is 5. The lowest BCUT2D eigenvalue weighted by Gasteiger charge is -2.53. The predicted molar refractivity (Wildman–Crippen MR) is 124 cm³/mol. The van der Waals surface area contributed by atoms with E-state index < -0.39 is 0 Å². The Morgan fingerprint density at radius 2 is 2.00 bits per heavy atom. The van der Waals surface area contributed by atoms with Crippen LogP contribution in [-0.2, 0) is 0 Å². The van der Waals surface area contributed by atoms with Gasteiger partial charge in [-0.2, -0.15) is 9.97 Å². The molecular weight excluding hydrogens is 423 g/mol. The van der Waals surface area contributed by atoms with Gasteiger partial charge in [-0.05, 0) is 38.4 Å². The van der Waals surface area contributed by atoms with Crippen LogP contribution in [0.3, 0.4) is 0 Å². The number of halogens is 1. The summed E-state index contributed by atoms with van der Waals surface area (Å²) in [5, 5.41) is 8.13. The highest BCUT2D eigenvalue weighted by Gasteiger charge is 2.45. The van der Waals surface area contributed by atoms with Gasteiger partial charge in [0.25, 0.3) is 0 Å². The fourth-order valence-electron chi connectivity index (χ4n) is 5.05. The van der Waals surface area contributed by atoms with E-state index in [0.29, 0.717) is 22.9 Å². The van der Waals surface area contributed by atoms with Crippen LogP contribution in [0.4, 0.5) is 15.9 Å². The second-order valence-corrected chi connectivity index (χ2v) is 9.01. The average molecular weight is 449 g/mol. The summed E-state index contributed by atoms with van der Waals surface area (Å²) in [6.07, 6.45) is 5.57. The molecule has 170 valence electrons. The third kappa shape index (κ3) is 3.41. The number of anilines is 2. The number of rotatable bonds is 4. The van der Waals surface area contributed by atoms with E-state index in [-0.39, 0.29) is 17.2 Å². The molecule has 0 radical (unpaired) electrons. The summed E-state index contributed by atoms with van der Waals surface area (Å²) in [6.45, 7) is 5.67. The third-order valence-corrected chi connectivity index (χ3v) is 6.63. The number of ether oxygens (including phenoxy) is 1. The van der Waals surface area contributed by atoms with Crippen molar-refractivity contribution in [1.29, 1.82) is 0 Å². The Kier molecular flexibility index (Phi) is 4.58. The van der Waals surface area contributed by atoms with Crippen LogP contribution < -0.4 is 20.3 Å². The first-order chi connectivity index (χ1) is 16.0. The topological polar surface area (TPSA) is 104 Å². The highest BCUT2D eigenvalue weighted by molar-refractivity contribution is 6.14. The standard InChI is InChI=1S/C23H25FN8O/c1-13-27-8-15(9-28-13)33-22-30-20-18(16-6-14(24)7-17(25-2)19(16)29-20)21(31-22)32-11-23(12-32)4-3-5-26-10-23/h6-9,25-26H,3-5,10-12H2,1-2H3,(H,29,30,31). The summed E-state index contributed by atoms with van der Waals surface area (Å²) < 4.78 is 20.4. The molecule has 33 heavy (non-hydrogen) atoms. The average Bonchev–Trinajstić information content (AvgIpc) is 3.16. The fraction of sp³-hybridized carbons (Fsp3) is 0.391. The number of nitrogens with one attached hydrogen (secondary N) is 3. The Labute approximate surface area is 189 Å². The largest absolute Gasteiger partial charge is 0.421 e. The summed E-state index contributed by atoms with van der Waals surface area (Å²) in [4.78, 5) is 23.3. The Morgan fingerprint density at radius 1 is 1.18 bits per heavy atom. The number of aromatic nitrogens is 5. The van der Waals surface area contributed by atoms with E-state index in [4.69, 9.17) is 9.72 Å². The van der Waals surface area contributed by atoms with Gasteiger partial charge in [0.1, 0.15) is 23.1 Å². The molecule has 3 aromatic heterocycles. The Morgan fingerprint density at radius 3 is 2.73 bits per heavy atom. The van der Waals surface area contributed by atoms with Gasteiger partial charge in [-0.3, -0.25) is 0 Å². The van der Waals surface area contributed by atoms with Gasteiger partial charge in [0.05, 0.1) is 29.0 Å². The second-order valence-electron chi connectivity index (χ2n) is 9.01. The molecule has 0 amide bonds. The molecule has 1 spiro atoms. The van der Waals surface area contributed by atoms with Crippen LogP contribution in [0, 0.1) is 18.2 Å². The van der Waals surface area contributed by atoms with E-state index in [1.165, 1.54) is 25.0 Å². The fourth-order valence-corrected chi connectivity index (χ4v) is 5.05. The van der Waals surface area contributed by atoms with E-state index >= 15 is 0 Å². The number of piperidine rings is 1. The lowest BCUT2D eigenvalue weighted by molar-refractivity contribution is 0.156. The van der Waals surface area contributed by atoms with Crippen LogP contribution in [0.5, 0.6) is 11.8 Å². The SMILES string of the molecule is CNc1cc(F)cc2c1[nH]c1nc(Oc3cnc(C)nc3)nc(N3CC4(CCCNC4)C3)c12. The van der Waals surface area contributed by atoms with Crippen molar-refractivity contribution in [3.05, 3.63) is 36.2 Å². The smallest absolute Gasteiger partial charge is 0.326 e. The molecule has 0 unspecified atom stereocenters. The molecular formula is C23H25FN8O. The van der Waals surface area contributed by atoms with Crippen LogP contribution >= 0.6 is 0 Å². The van der Waals surface area contributed by atoms with Crippen molar-refractivity contribution in [3.8, 4) is 11.8 Å². The molecule has 2 fully saturated rings. The highest BCUT2D eigenvalue weighted by atomic mass is 19.1. The van der Waals surface area contributed by atoms with Crippen LogP contribution in [-0.4, -0.2) is 58.1 Å². The van der Waals surface area contributed by atoms with E-state index in [1.807, 2.05) is 6.92 Å². The first-order valence-corrected chi connectivity index (χ1v) is 11.2. The lowest BCUT2D eigenvalue weighted by atomic mass is 9.74. The molecule has 2 aliphatic heterocycles. The molecule has 2 saturated heterocycles. The van der Waals surface area contributed by atoms with Crippen LogP contribution in [0.2, 0.25) is 0 Å². The predicted octanol–water partition coefficient (Wildman–Crippen LogP) is 3.37. The zero-order chi connectivity index (χ0) is 22.6. The first-order valence-electron chi connectivity index (χ1n) is 11.2. The molecule has 4 aromatic rings. The van der Waals surface area contributed by atoms with Crippen molar-refractivity contribution in [2.24, 2.45) is 5.41 Å². The normalized spacial score (nSPS) is 17.5. The maximum absolute atomic E-state index is 14.4. The number of benzene rings is 1. The zero-order valence-corrected chi connectivity index (χ0v) is 18.6. The highest BCUT2D eigenvalue weighted by Crippen LogP contribution is 2.43. The maximum atomic E-state index is 14.4. The van der Waals surface area contributed by atoms with E-state index in [9.17, 15) is 4.39 Å². The number of fused-ring (bicyclic) bond motifs is 3. The second kappa shape index (κ2) is 7.51. The van der Waals surface area contributed by atoms with E-state index in [0.717, 1.165) is 48.3 Å². The first kappa shape index (κ1) is 20.1. The zero-order valence-electron chi connectivity index (χ0n) is 18.6. The molecule has 6 rings (SSSR count). The quantitative estimate of drug-likeness (QED) is 0.437. The number of hydrogen-bond acceptors (Lipinski definition) is 8. The van der Waals surface area contributed by atoms with Gasteiger partial charge < -0.3 is 25.3 Å². The molecule has 0 saturated carbocycles. The molecule has 1 aromatic carbocycles. The molecule has 0 atom stereocenters. The molecule has 10 heteroatoms. The van der Waals surface area contributed by atoms with E-state index in [1.54, 1.807) is 19.4 Å². The Hall–Kier alpha value is -3.53. The molecule has 3 N–H and O–H groups in total. The summed E-state index contributed by atoms with van der Waals surface area (Å²) in [5.74, 6) is 1.55. The minimum atomic E-state index is -0.313. The number of H-pyrrole nitrogens is 1. The number of hydrogen-bond donors (Lipinski definition) is 3. The monoisotopic (exact) mass is 448 g/mol. The van der Waals surface area contributed by atoms with E-state index in [2.05, 4.69) is 35.5 Å². The van der Waals surface area contributed by atoms with Gasteiger partial charge in [0.15, 0.2) is 5.75 Å². The summed E-state index contributed by atoms with van der Waals surface area (Å²) >= 11 is 0. The minimum Gasteiger partial charge on any atom is -0.421 e. The summed E-state index contributed by atoms with van der Waals surface area (Å²) in [7, 11) is 1.77. The molecule has 0 bridgehead atoms. The maximum Gasteiger partial charge on any atom is 0.326 e. The van der Waals surface area contributed by atoms with Gasteiger partial charge in [0, 0.05) is 37.5 Å². The lowest BCUT2D eigenvalue weighted by Crippen LogP contribution is -2.62. The van der Waals surface area contributed by atoms with Gasteiger partial charge in [-0.1, -0.05) is 0 Å². The van der Waals surface area contributed by atoms with Crippen LogP contribution in [0.15, 0.2) is 24.5 Å². The van der Waals surface area contributed by atoms with Gasteiger partial charge in [0.2, 0.25) is 0 Å². The summed E-state index contributed by atoms with van der Waals surface area (Å²) in [6, 6.07) is 3.21. The van der Waals surface area contributed by atoms with Crippen LogP contribution in [0.1, 0.15) is 18.7 Å². The molecule has 5 heterocycles. The van der Waals surface area contributed by atoms with Crippen molar-refractivity contribution in [2.75, 3.05) is 43.4 Å². The Balaban J connectivity index is 1.48. The molecule has 0 aliphatic carbocycles. The van der Waals surface area contributed by atoms with Crippen molar-refractivity contribution in [3.63, 3.8) is 0 Å². The van der Waals surface area contributed by atoms with Gasteiger partial charge in [-0.15, -0.1) is 0 Å². The number of aryl methyl sites for hydroxylation is 1. The van der Waals surface area contributed by atoms with Crippen molar-refractivity contribution in [1.82, 2.24) is 30.2 Å². The van der Waals surface area contributed by atoms with Gasteiger partial charge >= 0.3 is 6.01 Å². The van der Waals surface area contributed by atoms with Crippen LogP contribution in [0.25, 0.3) is 21.9 Å². The molecule has 2 aliphatic rings. The Bertz CT molecular complexity index is 1340. The molecule has 9 nitrogen and oxygen atoms in total. The third-order valence-electron chi connectivity index (χ3n) is 6.63. The summed E-state index contributed by atoms with van der Waals surface area (Å²) in [5.41, 5.74) is 2.31.